The highest BCUT2D eigenvalue weighted by Crippen LogP contribution is 2.37. The van der Waals surface area contributed by atoms with Crippen molar-refractivity contribution in [2.24, 2.45) is 5.41 Å². The lowest BCUT2D eigenvalue weighted by Crippen LogP contribution is -2.37. The summed E-state index contributed by atoms with van der Waals surface area (Å²) < 4.78 is 23.4. The summed E-state index contributed by atoms with van der Waals surface area (Å²) in [5.74, 6) is 2.38. The molecule has 0 saturated carbocycles. The van der Waals surface area contributed by atoms with Gasteiger partial charge in [-0.2, -0.15) is 0 Å². The normalized spacial score (nSPS) is 16.7. The van der Waals surface area contributed by atoms with E-state index in [-0.39, 0.29) is 12.2 Å². The lowest BCUT2D eigenvalue weighted by molar-refractivity contribution is 0.0357. The van der Waals surface area contributed by atoms with Crippen LogP contribution in [0.4, 0.5) is 5.69 Å². The molecule has 1 aromatic carbocycles. The lowest BCUT2D eigenvalue weighted by Gasteiger charge is -2.38. The van der Waals surface area contributed by atoms with Crippen LogP contribution >= 0.6 is 0 Å². The number of aromatic nitrogens is 3. The van der Waals surface area contributed by atoms with Crippen molar-refractivity contribution < 1.29 is 23.7 Å². The molecule has 2 aliphatic rings. The number of rotatable bonds is 12. The first kappa shape index (κ1) is 31.7. The van der Waals surface area contributed by atoms with E-state index >= 15 is 0 Å². The van der Waals surface area contributed by atoms with Gasteiger partial charge in [0.1, 0.15) is 17.2 Å². The smallest absolute Gasteiger partial charge is 0.187 e. The van der Waals surface area contributed by atoms with Crippen LogP contribution in [0.25, 0.3) is 10.9 Å². The fourth-order valence-electron chi connectivity index (χ4n) is 5.88. The van der Waals surface area contributed by atoms with Crippen LogP contribution < -0.4 is 19.1 Å². The van der Waals surface area contributed by atoms with Gasteiger partial charge in [-0.3, -0.25) is 24.6 Å². The minimum absolute atomic E-state index is 0.0632. The van der Waals surface area contributed by atoms with Crippen LogP contribution in [-0.2, 0) is 11.2 Å². The zero-order chi connectivity index (χ0) is 31.9. The summed E-state index contributed by atoms with van der Waals surface area (Å²) in [6.45, 7) is 11.7. The van der Waals surface area contributed by atoms with Gasteiger partial charge in [0.15, 0.2) is 17.3 Å². The highest BCUT2D eigenvalue weighted by molar-refractivity contribution is 5.96. The third-order valence-electron chi connectivity index (χ3n) is 8.85. The molecule has 242 valence electrons. The van der Waals surface area contributed by atoms with Crippen molar-refractivity contribution in [3.8, 4) is 23.0 Å². The Kier molecular flexibility index (Phi) is 9.94. The van der Waals surface area contributed by atoms with E-state index < -0.39 is 0 Å². The Morgan fingerprint density at radius 2 is 1.72 bits per heavy atom. The molecule has 2 fully saturated rings. The van der Waals surface area contributed by atoms with E-state index in [1.165, 1.54) is 0 Å². The summed E-state index contributed by atoms with van der Waals surface area (Å²) in [5.41, 5.74) is 3.26. The van der Waals surface area contributed by atoms with Crippen molar-refractivity contribution in [3.05, 3.63) is 72.4 Å². The van der Waals surface area contributed by atoms with Gasteiger partial charge in [-0.05, 0) is 61.1 Å². The van der Waals surface area contributed by atoms with Crippen molar-refractivity contribution >= 4 is 22.4 Å². The number of methoxy groups -OCH3 is 1. The van der Waals surface area contributed by atoms with Crippen molar-refractivity contribution in [2.75, 3.05) is 64.6 Å². The number of Topliss-reactive ketones (excluding diaryl/α,β-unsaturated/α-hetero) is 1. The predicted molar refractivity (Wildman–Crippen MR) is 177 cm³/mol. The molecule has 5 heterocycles. The molecule has 0 unspecified atom stereocenters. The Hall–Kier alpha value is -4.28. The lowest BCUT2D eigenvalue weighted by atomic mass is 9.82. The number of piperidine rings is 1. The summed E-state index contributed by atoms with van der Waals surface area (Å²) in [6.07, 6.45) is 8.40. The van der Waals surface area contributed by atoms with E-state index in [2.05, 4.69) is 38.6 Å². The first-order valence-electron chi connectivity index (χ1n) is 16.1. The van der Waals surface area contributed by atoms with Crippen molar-refractivity contribution in [3.63, 3.8) is 0 Å². The minimum atomic E-state index is -0.0632. The third kappa shape index (κ3) is 7.92. The number of ketones is 1. The van der Waals surface area contributed by atoms with Crippen LogP contribution in [0.2, 0.25) is 0 Å². The summed E-state index contributed by atoms with van der Waals surface area (Å²) in [7, 11) is 1.63. The Morgan fingerprint density at radius 1 is 0.913 bits per heavy atom. The Morgan fingerprint density at radius 3 is 2.48 bits per heavy atom. The second-order valence-electron chi connectivity index (χ2n) is 12.7. The van der Waals surface area contributed by atoms with E-state index in [1.807, 2.05) is 42.5 Å². The number of anilines is 1. The van der Waals surface area contributed by atoms with Gasteiger partial charge in [0.25, 0.3) is 0 Å². The highest BCUT2D eigenvalue weighted by atomic mass is 16.5. The largest absolute Gasteiger partial charge is 0.493 e. The van der Waals surface area contributed by atoms with Crippen LogP contribution in [0.1, 0.15) is 49.3 Å². The highest BCUT2D eigenvalue weighted by Gasteiger charge is 2.26. The molecule has 3 aromatic heterocycles. The maximum atomic E-state index is 13.1. The second kappa shape index (κ2) is 14.4. The molecule has 2 aliphatic heterocycles. The maximum Gasteiger partial charge on any atom is 0.187 e. The molecule has 0 radical (unpaired) electrons. The third-order valence-corrected chi connectivity index (χ3v) is 8.85. The predicted octanol–water partition coefficient (Wildman–Crippen LogP) is 5.98. The number of hydrogen-bond donors (Lipinski definition) is 0. The fraction of sp³-hybridized carbons (Fsp3) is 0.444. The Labute approximate surface area is 270 Å². The van der Waals surface area contributed by atoms with E-state index in [4.69, 9.17) is 18.9 Å². The van der Waals surface area contributed by atoms with E-state index in [1.54, 1.807) is 25.7 Å². The van der Waals surface area contributed by atoms with Crippen molar-refractivity contribution in [2.45, 2.75) is 39.5 Å². The van der Waals surface area contributed by atoms with Crippen LogP contribution in [0.15, 0.2) is 61.1 Å². The standard InChI is InChI=1S/C36H43N5O5/c1-36(2)9-14-41(15-10-36)27-7-11-38-31(22-27)32(42)21-26-5-6-28(25-39-26)46-33-8-12-37-30-24-35(34(43-3)23-29(30)33)45-18-4-13-40-16-19-44-20-17-40/h5-8,11-12,22-25H,4,9-10,13-21H2,1-3H3. The van der Waals surface area contributed by atoms with Gasteiger partial charge in [0, 0.05) is 68.0 Å². The Bertz CT molecular complexity index is 1630. The number of nitrogens with zero attached hydrogens (tertiary/aromatic N) is 5. The SMILES string of the molecule is COc1cc2c(Oc3ccc(CC(=O)c4cc(N5CCC(C)(C)CC5)ccn4)nc3)ccnc2cc1OCCCN1CCOCC1. The first-order valence-corrected chi connectivity index (χ1v) is 16.1. The summed E-state index contributed by atoms with van der Waals surface area (Å²) in [6, 6.07) is 13.1. The maximum absolute atomic E-state index is 13.1. The van der Waals surface area contributed by atoms with E-state index in [0.717, 1.165) is 81.8 Å². The molecule has 46 heavy (non-hydrogen) atoms. The molecule has 0 atom stereocenters. The van der Waals surface area contributed by atoms with Gasteiger partial charge in [-0.25, -0.2) is 0 Å². The van der Waals surface area contributed by atoms with Crippen LogP contribution in [0.5, 0.6) is 23.0 Å². The molecule has 10 nitrogen and oxygen atoms in total. The summed E-state index contributed by atoms with van der Waals surface area (Å²) >= 11 is 0. The molecule has 0 aliphatic carbocycles. The van der Waals surface area contributed by atoms with Crippen molar-refractivity contribution in [1.82, 2.24) is 19.9 Å². The minimum Gasteiger partial charge on any atom is -0.493 e. The van der Waals surface area contributed by atoms with Gasteiger partial charge in [-0.1, -0.05) is 13.8 Å². The number of carbonyl (C=O) groups excluding carboxylic acids is 1. The average Bonchev–Trinajstić information content (AvgIpc) is 3.08. The number of carbonyl (C=O) groups is 1. The number of ether oxygens (including phenoxy) is 4. The van der Waals surface area contributed by atoms with E-state index in [9.17, 15) is 4.79 Å². The van der Waals surface area contributed by atoms with Crippen LogP contribution in [-0.4, -0.2) is 85.3 Å². The van der Waals surface area contributed by atoms with E-state index in [0.29, 0.717) is 46.4 Å². The molecule has 10 heteroatoms. The molecule has 6 rings (SSSR count). The van der Waals surface area contributed by atoms with Gasteiger partial charge in [-0.15, -0.1) is 0 Å². The van der Waals surface area contributed by atoms with Crippen molar-refractivity contribution in [1.29, 1.82) is 0 Å². The molecule has 0 N–H and O–H groups in total. The summed E-state index contributed by atoms with van der Waals surface area (Å²) in [4.78, 5) is 31.3. The molecule has 0 amide bonds. The van der Waals surface area contributed by atoms with Gasteiger partial charge < -0.3 is 23.8 Å². The zero-order valence-corrected chi connectivity index (χ0v) is 27.0. The first-order chi connectivity index (χ1) is 22.4. The Balaban J connectivity index is 1.07. The molecular formula is C36H43N5O5. The molecule has 0 spiro atoms. The fourth-order valence-corrected chi connectivity index (χ4v) is 5.88. The average molecular weight is 626 g/mol. The van der Waals surface area contributed by atoms with Gasteiger partial charge in [0.2, 0.25) is 0 Å². The molecular weight excluding hydrogens is 582 g/mol. The summed E-state index contributed by atoms with van der Waals surface area (Å²) in [5, 5.41) is 0.794. The number of fused-ring (bicyclic) bond motifs is 1. The van der Waals surface area contributed by atoms with Crippen LogP contribution in [0, 0.1) is 5.41 Å². The molecule has 4 aromatic rings. The molecule has 0 bridgehead atoms. The number of pyridine rings is 3. The van der Waals surface area contributed by atoms with Gasteiger partial charge >= 0.3 is 0 Å². The monoisotopic (exact) mass is 625 g/mol. The van der Waals surface area contributed by atoms with Gasteiger partial charge in [0.05, 0.1) is 45.1 Å². The number of benzene rings is 1. The number of hydrogen-bond acceptors (Lipinski definition) is 10. The second-order valence-corrected chi connectivity index (χ2v) is 12.7. The quantitative estimate of drug-likeness (QED) is 0.138. The van der Waals surface area contributed by atoms with Crippen LogP contribution in [0.3, 0.4) is 0 Å². The zero-order valence-electron chi connectivity index (χ0n) is 27.0. The topological polar surface area (TPSA) is 99.1 Å². The molecule has 2 saturated heterocycles. The number of morpholine rings is 1.